The Bertz CT molecular complexity index is 257. The number of carbonyl (C=O) groups excluding carboxylic acids is 1. The normalized spacial score (nSPS) is 12.3. The molecule has 0 radical (unpaired) electrons. The van der Waals surface area contributed by atoms with E-state index in [-0.39, 0.29) is 5.91 Å². The highest BCUT2D eigenvalue weighted by Crippen LogP contribution is 2.20. The molecule has 0 saturated heterocycles. The molecule has 0 N–H and O–H groups in total. The first kappa shape index (κ1) is 18.0. The minimum Gasteiger partial charge on any atom is -0.354 e. The van der Waals surface area contributed by atoms with Crippen molar-refractivity contribution in [3.05, 3.63) is 11.6 Å². The zero-order chi connectivity index (χ0) is 13.8. The fourth-order valence-corrected chi connectivity index (χ4v) is 2.13. The molecule has 0 bridgehead atoms. The van der Waals surface area contributed by atoms with Crippen molar-refractivity contribution in [2.24, 2.45) is 0 Å². The van der Waals surface area contributed by atoms with Gasteiger partial charge >= 0.3 is 0 Å². The van der Waals surface area contributed by atoms with Crippen LogP contribution in [-0.4, -0.2) is 30.5 Å². The first-order valence-corrected chi connectivity index (χ1v) is 9.32. The molecular formula is C13H27NO2P2. The van der Waals surface area contributed by atoms with Crippen molar-refractivity contribution < 1.29 is 9.32 Å². The number of hydrogen-bond acceptors (Lipinski definition) is 2. The SMILES string of the molecule is CCCCN(CCCC(C)=CCOPP)C(C)=O. The Balaban J connectivity index is 3.83. The first-order valence-electron chi connectivity index (χ1n) is 6.60. The van der Waals surface area contributed by atoms with Crippen LogP contribution in [0.5, 0.6) is 0 Å². The molecule has 0 aromatic carbocycles. The summed E-state index contributed by atoms with van der Waals surface area (Å²) in [6.07, 6.45) is 6.43. The van der Waals surface area contributed by atoms with E-state index in [2.05, 4.69) is 28.9 Å². The van der Waals surface area contributed by atoms with Crippen LogP contribution in [0, 0.1) is 0 Å². The highest BCUT2D eigenvalue weighted by molar-refractivity contribution is 8.00. The molecule has 0 aromatic heterocycles. The summed E-state index contributed by atoms with van der Waals surface area (Å²) in [7, 11) is 3.04. The van der Waals surface area contributed by atoms with Gasteiger partial charge in [-0.05, 0) is 26.2 Å². The molecule has 0 aliphatic rings. The summed E-state index contributed by atoms with van der Waals surface area (Å²) in [6, 6.07) is 0. The van der Waals surface area contributed by atoms with Crippen molar-refractivity contribution in [1.82, 2.24) is 4.90 Å². The first-order chi connectivity index (χ1) is 8.61. The number of nitrogens with zero attached hydrogens (tertiary/aromatic N) is 1. The van der Waals surface area contributed by atoms with E-state index in [0.717, 1.165) is 38.8 Å². The maximum Gasteiger partial charge on any atom is 0.219 e. The van der Waals surface area contributed by atoms with Crippen molar-refractivity contribution in [3.8, 4) is 0 Å². The average molecular weight is 291 g/mol. The van der Waals surface area contributed by atoms with Gasteiger partial charge in [0.15, 0.2) is 0 Å². The van der Waals surface area contributed by atoms with E-state index in [4.69, 9.17) is 4.52 Å². The largest absolute Gasteiger partial charge is 0.354 e. The molecule has 106 valence electrons. The Labute approximate surface area is 116 Å². The van der Waals surface area contributed by atoms with Crippen LogP contribution >= 0.6 is 17.4 Å². The lowest BCUT2D eigenvalue weighted by Gasteiger charge is -2.20. The number of rotatable bonds is 10. The fraction of sp³-hybridized carbons (Fsp3) is 0.769. The van der Waals surface area contributed by atoms with Crippen molar-refractivity contribution >= 4 is 23.3 Å². The van der Waals surface area contributed by atoms with Crippen LogP contribution < -0.4 is 0 Å². The lowest BCUT2D eigenvalue weighted by atomic mass is 10.1. The van der Waals surface area contributed by atoms with Crippen LogP contribution in [0.4, 0.5) is 0 Å². The lowest BCUT2D eigenvalue weighted by Crippen LogP contribution is -2.30. The highest BCUT2D eigenvalue weighted by Gasteiger charge is 2.06. The van der Waals surface area contributed by atoms with Gasteiger partial charge in [-0.3, -0.25) is 4.79 Å². The van der Waals surface area contributed by atoms with E-state index >= 15 is 0 Å². The van der Waals surface area contributed by atoms with E-state index in [1.165, 1.54) is 5.57 Å². The number of unbranched alkanes of at least 4 members (excludes halogenated alkanes) is 1. The fourth-order valence-electron chi connectivity index (χ4n) is 1.66. The third kappa shape index (κ3) is 10.00. The van der Waals surface area contributed by atoms with Crippen molar-refractivity contribution in [3.63, 3.8) is 0 Å². The lowest BCUT2D eigenvalue weighted by molar-refractivity contribution is -0.129. The van der Waals surface area contributed by atoms with E-state index in [1.807, 2.05) is 4.90 Å². The maximum absolute atomic E-state index is 11.4. The molecule has 0 rings (SSSR count). The molecule has 0 fully saturated rings. The molecule has 0 aromatic rings. The van der Waals surface area contributed by atoms with Crippen molar-refractivity contribution in [1.29, 1.82) is 0 Å². The van der Waals surface area contributed by atoms with Gasteiger partial charge in [0.1, 0.15) is 0 Å². The quantitative estimate of drug-likeness (QED) is 0.348. The summed E-state index contributed by atoms with van der Waals surface area (Å²) in [5.74, 6) is 0.192. The van der Waals surface area contributed by atoms with Gasteiger partial charge < -0.3 is 9.42 Å². The zero-order valence-corrected chi connectivity index (χ0v) is 14.0. The molecule has 0 aliphatic carbocycles. The van der Waals surface area contributed by atoms with Gasteiger partial charge in [0.25, 0.3) is 0 Å². The van der Waals surface area contributed by atoms with Gasteiger partial charge in [0.05, 0.1) is 6.61 Å². The number of allylic oxidation sites excluding steroid dienone is 1. The van der Waals surface area contributed by atoms with E-state index in [1.54, 1.807) is 6.92 Å². The minimum absolute atomic E-state index is 0.192. The van der Waals surface area contributed by atoms with Crippen LogP contribution in [0.1, 0.15) is 46.5 Å². The molecule has 5 heteroatoms. The van der Waals surface area contributed by atoms with Gasteiger partial charge in [-0.2, -0.15) is 0 Å². The molecule has 0 saturated carbocycles. The summed E-state index contributed by atoms with van der Waals surface area (Å²) < 4.78 is 5.27. The van der Waals surface area contributed by atoms with E-state index in [9.17, 15) is 4.79 Å². The Morgan fingerprint density at radius 3 is 2.56 bits per heavy atom. The van der Waals surface area contributed by atoms with Gasteiger partial charge in [0.2, 0.25) is 5.91 Å². The monoisotopic (exact) mass is 291 g/mol. The molecule has 1 amide bonds. The van der Waals surface area contributed by atoms with Crippen LogP contribution in [0.2, 0.25) is 0 Å². The van der Waals surface area contributed by atoms with Crippen molar-refractivity contribution in [2.75, 3.05) is 19.7 Å². The van der Waals surface area contributed by atoms with Crippen LogP contribution in [0.3, 0.4) is 0 Å². The summed E-state index contributed by atoms with van der Waals surface area (Å²) in [5.41, 5.74) is 1.34. The Morgan fingerprint density at radius 2 is 2.00 bits per heavy atom. The molecule has 3 nitrogen and oxygen atoms in total. The molecular weight excluding hydrogens is 264 g/mol. The summed E-state index contributed by atoms with van der Waals surface area (Å²) in [4.78, 5) is 13.4. The Kier molecular flexibility index (Phi) is 12.1. The molecule has 0 heterocycles. The highest BCUT2D eigenvalue weighted by atomic mass is 32.0. The molecule has 0 spiro atoms. The van der Waals surface area contributed by atoms with Gasteiger partial charge in [0, 0.05) is 28.5 Å². The summed E-state index contributed by atoms with van der Waals surface area (Å²) in [5, 5.41) is 0. The van der Waals surface area contributed by atoms with E-state index < -0.39 is 0 Å². The second-order valence-electron chi connectivity index (χ2n) is 4.44. The van der Waals surface area contributed by atoms with Gasteiger partial charge in [-0.25, -0.2) is 0 Å². The standard InChI is InChI=1S/C13H27NO2P2/c1-4-5-9-14(13(3)15)10-6-7-12(2)8-11-16-18-17/h8,18H,4-7,9-11,17H2,1-3H3. The Hall–Kier alpha value is 0.0300. The maximum atomic E-state index is 11.4. The average Bonchev–Trinajstić information content (AvgIpc) is 2.33. The number of amides is 1. The van der Waals surface area contributed by atoms with Gasteiger partial charge in [-0.1, -0.05) is 33.9 Å². The topological polar surface area (TPSA) is 29.5 Å². The van der Waals surface area contributed by atoms with Crippen molar-refractivity contribution in [2.45, 2.75) is 46.5 Å². The van der Waals surface area contributed by atoms with Crippen LogP contribution in [0.25, 0.3) is 0 Å². The number of hydrogen-bond donors (Lipinski definition) is 0. The molecule has 0 aliphatic heterocycles. The third-order valence-corrected chi connectivity index (χ3v) is 3.66. The predicted octanol–water partition coefficient (Wildman–Crippen LogP) is 3.76. The molecule has 2 unspecified atom stereocenters. The van der Waals surface area contributed by atoms with E-state index in [0.29, 0.717) is 15.1 Å². The summed E-state index contributed by atoms with van der Waals surface area (Å²) in [6.45, 7) is 8.39. The third-order valence-electron chi connectivity index (χ3n) is 2.82. The van der Waals surface area contributed by atoms with Crippen LogP contribution in [0.15, 0.2) is 11.6 Å². The number of carbonyl (C=O) groups is 1. The zero-order valence-electron chi connectivity index (χ0n) is 11.9. The van der Waals surface area contributed by atoms with Crippen LogP contribution in [-0.2, 0) is 9.32 Å². The second-order valence-corrected chi connectivity index (χ2v) is 5.67. The second kappa shape index (κ2) is 12.1. The van der Waals surface area contributed by atoms with Gasteiger partial charge in [-0.15, -0.1) is 0 Å². The smallest absolute Gasteiger partial charge is 0.219 e. The molecule has 18 heavy (non-hydrogen) atoms. The predicted molar refractivity (Wildman–Crippen MR) is 84.1 cm³/mol. The Morgan fingerprint density at radius 1 is 1.33 bits per heavy atom. The summed E-state index contributed by atoms with van der Waals surface area (Å²) >= 11 is 0. The minimum atomic E-state index is 0.192. The molecule has 2 atom stereocenters.